The number of ether oxygens (including phenoxy) is 2. The lowest BCUT2D eigenvalue weighted by atomic mass is 9.63. The summed E-state index contributed by atoms with van der Waals surface area (Å²) in [5.41, 5.74) is 5.22. The molecule has 3 aromatic rings. The number of hydrogen-bond acceptors (Lipinski definition) is 6. The molecule has 0 radical (unpaired) electrons. The Balaban J connectivity index is 2.00. The van der Waals surface area contributed by atoms with Gasteiger partial charge in [-0.3, -0.25) is 0 Å². The molecule has 1 aliphatic carbocycles. The van der Waals surface area contributed by atoms with E-state index in [2.05, 4.69) is 64.1 Å². The van der Waals surface area contributed by atoms with Crippen LogP contribution in [0.3, 0.4) is 0 Å². The van der Waals surface area contributed by atoms with Crippen molar-refractivity contribution in [2.75, 3.05) is 14.2 Å². The fourth-order valence-corrected chi connectivity index (χ4v) is 7.14. The van der Waals surface area contributed by atoms with Crippen molar-refractivity contribution in [2.45, 2.75) is 90.3 Å². The number of carbonyl (C=O) groups is 2. The molecule has 2 unspecified atom stereocenters. The third-order valence-electron chi connectivity index (χ3n) is 8.64. The molecule has 0 fully saturated rings. The molecule has 40 heavy (non-hydrogen) atoms. The molecule has 0 N–H and O–H groups in total. The second kappa shape index (κ2) is 11.0. The molecular formula is C34H40O6. The van der Waals surface area contributed by atoms with Gasteiger partial charge in [0.25, 0.3) is 0 Å². The molecule has 6 heteroatoms. The zero-order chi connectivity index (χ0) is 28.7. The average molecular weight is 545 g/mol. The van der Waals surface area contributed by atoms with Crippen molar-refractivity contribution in [3.8, 4) is 0 Å². The molecule has 2 atom stereocenters. The highest BCUT2D eigenvalue weighted by molar-refractivity contribution is 6.11. The molecule has 0 aromatic heterocycles. The molecule has 2 bridgehead atoms. The largest absolute Gasteiger partial charge is 0.465 e. The van der Waals surface area contributed by atoms with Crippen LogP contribution in [0.2, 0.25) is 0 Å². The number of fused-ring (bicyclic) bond motifs is 2. The summed E-state index contributed by atoms with van der Waals surface area (Å²) in [7, 11) is 2.73. The van der Waals surface area contributed by atoms with E-state index >= 15 is 0 Å². The molecular weight excluding hydrogens is 504 g/mol. The molecule has 0 saturated carbocycles. The zero-order valence-corrected chi connectivity index (χ0v) is 24.6. The summed E-state index contributed by atoms with van der Waals surface area (Å²) < 4.78 is 10.5. The number of benzene rings is 3. The van der Waals surface area contributed by atoms with E-state index in [1.54, 1.807) is 0 Å². The summed E-state index contributed by atoms with van der Waals surface area (Å²) in [5, 5.41) is 1.93. The molecule has 6 rings (SSSR count). The third-order valence-corrected chi connectivity index (χ3v) is 8.64. The number of rotatable bonds is 10. The Morgan fingerprint density at radius 1 is 0.650 bits per heavy atom. The normalized spacial score (nSPS) is 20.8. The minimum absolute atomic E-state index is 0.318. The maximum atomic E-state index is 13.4. The SMILES string of the molecule is CCCc1c(C(=O)OC)c(C(=O)OC)c(CCC)c2cc3c(cc12)C1(CCC)OOC3(CCC)c2ccccc21. The van der Waals surface area contributed by atoms with Crippen LogP contribution in [-0.4, -0.2) is 26.2 Å². The fourth-order valence-electron chi connectivity index (χ4n) is 7.14. The standard InChI is InChI=1S/C34H40O6/c1-7-13-21-23-19-27-28(20-24(23)22(14-8-2)30(32(36)38-6)29(21)31(35)37-5)34(18-10-4)26-16-12-11-15-25(26)33(27,17-9-3)39-40-34/h11-12,15-16,19-20H,7-10,13-14,17-18H2,1-6H3. The van der Waals surface area contributed by atoms with Crippen LogP contribution in [0.4, 0.5) is 0 Å². The molecule has 0 saturated heterocycles. The summed E-state index contributed by atoms with van der Waals surface area (Å²) in [6.45, 7) is 8.47. The van der Waals surface area contributed by atoms with Gasteiger partial charge in [0.2, 0.25) is 0 Å². The van der Waals surface area contributed by atoms with E-state index in [1.807, 2.05) is 0 Å². The van der Waals surface area contributed by atoms with E-state index in [-0.39, 0.29) is 0 Å². The van der Waals surface area contributed by atoms with Gasteiger partial charge in [-0.15, -0.1) is 0 Å². The molecule has 3 aromatic carbocycles. The highest BCUT2D eigenvalue weighted by atomic mass is 17.2. The van der Waals surface area contributed by atoms with E-state index in [4.69, 9.17) is 19.2 Å². The average Bonchev–Trinajstić information content (AvgIpc) is 2.98. The minimum Gasteiger partial charge on any atom is -0.465 e. The van der Waals surface area contributed by atoms with Crippen molar-refractivity contribution >= 4 is 22.7 Å². The van der Waals surface area contributed by atoms with Gasteiger partial charge in [0.05, 0.1) is 25.3 Å². The zero-order valence-electron chi connectivity index (χ0n) is 24.6. The molecule has 212 valence electrons. The molecule has 0 amide bonds. The van der Waals surface area contributed by atoms with E-state index in [1.165, 1.54) is 14.2 Å². The molecule has 2 aliphatic heterocycles. The van der Waals surface area contributed by atoms with Crippen molar-refractivity contribution in [3.05, 3.63) is 80.9 Å². The molecule has 3 aliphatic rings. The Hall–Kier alpha value is -3.22. The summed E-state index contributed by atoms with van der Waals surface area (Å²) in [6, 6.07) is 12.9. The third kappa shape index (κ3) is 3.91. The number of hydrogen-bond donors (Lipinski definition) is 0. The van der Waals surface area contributed by atoms with Gasteiger partial charge in [-0.25, -0.2) is 19.4 Å². The van der Waals surface area contributed by atoms with E-state index in [0.717, 1.165) is 82.7 Å². The quantitative estimate of drug-likeness (QED) is 0.193. The van der Waals surface area contributed by atoms with Gasteiger partial charge >= 0.3 is 11.9 Å². The van der Waals surface area contributed by atoms with Crippen molar-refractivity contribution in [1.82, 2.24) is 0 Å². The van der Waals surface area contributed by atoms with Gasteiger partial charge in [0.15, 0.2) is 11.2 Å². The Morgan fingerprint density at radius 3 is 1.38 bits per heavy atom. The fraction of sp³-hybridized carbons (Fsp3) is 0.471. The van der Waals surface area contributed by atoms with Gasteiger partial charge in [-0.05, 0) is 82.0 Å². The highest BCUT2D eigenvalue weighted by Gasteiger charge is 2.58. The van der Waals surface area contributed by atoms with Crippen LogP contribution in [0.5, 0.6) is 0 Å². The first-order valence-electron chi connectivity index (χ1n) is 14.7. The molecule has 2 heterocycles. The van der Waals surface area contributed by atoms with E-state index < -0.39 is 23.1 Å². The first-order valence-corrected chi connectivity index (χ1v) is 14.7. The summed E-state index contributed by atoms with van der Waals surface area (Å²) in [6.07, 6.45) is 6.12. The Kier molecular flexibility index (Phi) is 7.77. The number of aryl methyl sites for hydroxylation is 2. The number of carbonyl (C=O) groups excluding carboxylic acids is 2. The maximum absolute atomic E-state index is 13.4. The van der Waals surface area contributed by atoms with Crippen LogP contribution >= 0.6 is 0 Å². The minimum atomic E-state index is -0.759. The van der Waals surface area contributed by atoms with E-state index in [9.17, 15) is 9.59 Å². The highest BCUT2D eigenvalue weighted by Crippen LogP contribution is 2.60. The summed E-state index contributed by atoms with van der Waals surface area (Å²) in [5.74, 6) is -1.03. The van der Waals surface area contributed by atoms with Gasteiger partial charge in [-0.2, -0.15) is 0 Å². The van der Waals surface area contributed by atoms with Crippen molar-refractivity contribution in [2.24, 2.45) is 0 Å². The lowest BCUT2D eigenvalue weighted by Crippen LogP contribution is -2.52. The van der Waals surface area contributed by atoms with Crippen LogP contribution < -0.4 is 0 Å². The van der Waals surface area contributed by atoms with Crippen LogP contribution in [0.25, 0.3) is 10.8 Å². The molecule has 0 spiro atoms. The van der Waals surface area contributed by atoms with Crippen LogP contribution in [0.1, 0.15) is 120 Å². The summed E-state index contributed by atoms with van der Waals surface area (Å²) in [4.78, 5) is 39.6. The van der Waals surface area contributed by atoms with Gasteiger partial charge in [0, 0.05) is 0 Å². The van der Waals surface area contributed by atoms with Crippen LogP contribution in [0, 0.1) is 0 Å². The topological polar surface area (TPSA) is 71.1 Å². The number of esters is 2. The second-order valence-electron chi connectivity index (χ2n) is 11.0. The van der Waals surface area contributed by atoms with Crippen LogP contribution in [-0.2, 0) is 43.3 Å². The maximum Gasteiger partial charge on any atom is 0.339 e. The predicted octanol–water partition coefficient (Wildman–Crippen LogP) is 7.68. The van der Waals surface area contributed by atoms with Crippen LogP contribution in [0.15, 0.2) is 36.4 Å². The second-order valence-corrected chi connectivity index (χ2v) is 11.0. The monoisotopic (exact) mass is 544 g/mol. The van der Waals surface area contributed by atoms with Crippen molar-refractivity contribution < 1.29 is 28.8 Å². The summed E-state index contributed by atoms with van der Waals surface area (Å²) >= 11 is 0. The smallest absolute Gasteiger partial charge is 0.339 e. The number of methoxy groups -OCH3 is 2. The Bertz CT molecular complexity index is 1360. The first-order chi connectivity index (χ1) is 19.4. The van der Waals surface area contributed by atoms with Gasteiger partial charge < -0.3 is 9.47 Å². The van der Waals surface area contributed by atoms with Gasteiger partial charge in [0.1, 0.15) is 0 Å². The van der Waals surface area contributed by atoms with Crippen molar-refractivity contribution in [3.63, 3.8) is 0 Å². The lowest BCUT2D eigenvalue weighted by Gasteiger charge is -2.53. The lowest BCUT2D eigenvalue weighted by molar-refractivity contribution is -0.431. The predicted molar refractivity (Wildman–Crippen MR) is 155 cm³/mol. The van der Waals surface area contributed by atoms with Crippen molar-refractivity contribution in [1.29, 1.82) is 0 Å². The van der Waals surface area contributed by atoms with E-state index in [0.29, 0.717) is 24.0 Å². The molecule has 6 nitrogen and oxygen atoms in total. The Morgan fingerprint density at radius 2 is 1.05 bits per heavy atom. The first kappa shape index (κ1) is 28.3. The Labute approximate surface area is 236 Å². The van der Waals surface area contributed by atoms with Gasteiger partial charge in [-0.1, -0.05) is 77.6 Å².